The lowest BCUT2D eigenvalue weighted by Gasteiger charge is -2.20. The Morgan fingerprint density at radius 2 is 2.12 bits per heavy atom. The number of methoxy groups -OCH3 is 1. The van der Waals surface area contributed by atoms with Crippen LogP contribution >= 0.6 is 0 Å². The van der Waals surface area contributed by atoms with Crippen LogP contribution < -0.4 is 15.4 Å². The number of carbonyl (C=O) groups is 2. The van der Waals surface area contributed by atoms with Gasteiger partial charge < -0.3 is 10.1 Å². The molecule has 2 heterocycles. The molecule has 84 valence electrons. The number of hydrogen-bond donors (Lipinski definition) is 2. The lowest BCUT2D eigenvalue weighted by Crippen LogP contribution is -2.40. The van der Waals surface area contributed by atoms with E-state index >= 15 is 0 Å². The molecule has 1 aromatic rings. The molecule has 1 aliphatic rings. The molecule has 1 aliphatic heterocycles. The minimum atomic E-state index is -1.06. The van der Waals surface area contributed by atoms with Gasteiger partial charge >= 0.3 is 6.03 Å². The third-order valence-corrected chi connectivity index (χ3v) is 2.57. The molecule has 1 atom stereocenters. The van der Waals surface area contributed by atoms with Gasteiger partial charge in [0.15, 0.2) is 0 Å². The van der Waals surface area contributed by atoms with E-state index in [0.717, 1.165) is 0 Å². The maximum Gasteiger partial charge on any atom is 0.322 e. The molecule has 1 unspecified atom stereocenters. The topological polar surface area (TPSA) is 80.3 Å². The molecular formula is C10H11N3O3. The minimum absolute atomic E-state index is 0.385. The predicted octanol–water partition coefficient (Wildman–Crippen LogP) is 0.145. The highest BCUT2D eigenvalue weighted by Crippen LogP contribution is 2.24. The molecule has 0 aromatic carbocycles. The van der Waals surface area contributed by atoms with E-state index in [-0.39, 0.29) is 5.91 Å². The summed E-state index contributed by atoms with van der Waals surface area (Å²) in [5.41, 5.74) is -0.451. The first-order valence-electron chi connectivity index (χ1n) is 4.70. The van der Waals surface area contributed by atoms with E-state index in [1.165, 1.54) is 13.3 Å². The van der Waals surface area contributed by atoms with E-state index in [1.54, 1.807) is 19.1 Å². The van der Waals surface area contributed by atoms with Crippen molar-refractivity contribution in [1.29, 1.82) is 0 Å². The maximum atomic E-state index is 11.6. The van der Waals surface area contributed by atoms with Crippen LogP contribution in [-0.4, -0.2) is 24.0 Å². The first-order valence-corrected chi connectivity index (χ1v) is 4.70. The predicted molar refractivity (Wildman–Crippen MR) is 54.8 cm³/mol. The number of pyridine rings is 1. The van der Waals surface area contributed by atoms with Gasteiger partial charge in [0.1, 0.15) is 5.54 Å². The van der Waals surface area contributed by atoms with Crippen molar-refractivity contribution in [1.82, 2.24) is 15.6 Å². The summed E-state index contributed by atoms with van der Waals surface area (Å²) < 4.78 is 4.91. The number of carbonyl (C=O) groups excluding carboxylic acids is 2. The van der Waals surface area contributed by atoms with Crippen LogP contribution in [0.25, 0.3) is 0 Å². The molecule has 1 fully saturated rings. The van der Waals surface area contributed by atoms with Crippen molar-refractivity contribution < 1.29 is 14.3 Å². The van der Waals surface area contributed by atoms with Gasteiger partial charge in [-0.1, -0.05) is 0 Å². The van der Waals surface area contributed by atoms with E-state index in [1.807, 2.05) is 0 Å². The zero-order chi connectivity index (χ0) is 11.8. The molecule has 2 rings (SSSR count). The number of aromatic nitrogens is 1. The zero-order valence-electron chi connectivity index (χ0n) is 8.90. The second-order valence-corrected chi connectivity index (χ2v) is 3.62. The number of nitrogens with one attached hydrogen (secondary N) is 2. The van der Waals surface area contributed by atoms with Gasteiger partial charge in [0.25, 0.3) is 5.91 Å². The molecule has 16 heavy (non-hydrogen) atoms. The van der Waals surface area contributed by atoms with Crippen LogP contribution in [0, 0.1) is 0 Å². The van der Waals surface area contributed by atoms with Gasteiger partial charge in [-0.3, -0.25) is 10.1 Å². The first kappa shape index (κ1) is 10.4. The van der Waals surface area contributed by atoms with Gasteiger partial charge in [-0.05, 0) is 13.0 Å². The summed E-state index contributed by atoms with van der Waals surface area (Å²) in [6.07, 6.45) is 1.50. The Hall–Kier alpha value is -2.11. The normalized spacial score (nSPS) is 23.9. The summed E-state index contributed by atoms with van der Waals surface area (Å²) in [5, 5.41) is 4.74. The molecule has 3 amide bonds. The number of ether oxygens (including phenoxy) is 1. The van der Waals surface area contributed by atoms with Crippen LogP contribution in [-0.2, 0) is 10.3 Å². The van der Waals surface area contributed by atoms with Crippen molar-refractivity contribution in [3.8, 4) is 5.88 Å². The number of imide groups is 1. The van der Waals surface area contributed by atoms with Crippen LogP contribution in [0.5, 0.6) is 5.88 Å². The fraction of sp³-hybridized carbons (Fsp3) is 0.300. The van der Waals surface area contributed by atoms with E-state index in [4.69, 9.17) is 4.74 Å². The molecule has 6 nitrogen and oxygen atoms in total. The lowest BCUT2D eigenvalue weighted by molar-refractivity contribution is -0.123. The molecular weight excluding hydrogens is 210 g/mol. The molecule has 0 spiro atoms. The van der Waals surface area contributed by atoms with Crippen LogP contribution in [0.3, 0.4) is 0 Å². The van der Waals surface area contributed by atoms with Gasteiger partial charge in [0.05, 0.1) is 7.11 Å². The van der Waals surface area contributed by atoms with Crippen molar-refractivity contribution in [2.24, 2.45) is 0 Å². The molecule has 0 bridgehead atoms. The number of rotatable bonds is 2. The minimum Gasteiger partial charge on any atom is -0.481 e. The molecule has 0 aliphatic carbocycles. The second kappa shape index (κ2) is 3.48. The number of urea groups is 1. The Morgan fingerprint density at radius 1 is 1.38 bits per heavy atom. The SMILES string of the molecule is COc1ccc(C2(C)NC(=O)NC2=O)cn1. The largest absolute Gasteiger partial charge is 0.481 e. The number of amides is 3. The summed E-state index contributed by atoms with van der Waals surface area (Å²) in [4.78, 5) is 26.7. The van der Waals surface area contributed by atoms with Crippen LogP contribution in [0.1, 0.15) is 12.5 Å². The molecule has 0 saturated carbocycles. The van der Waals surface area contributed by atoms with E-state index < -0.39 is 11.6 Å². The summed E-state index contributed by atoms with van der Waals surface area (Å²) in [7, 11) is 1.51. The van der Waals surface area contributed by atoms with Gasteiger partial charge in [-0.25, -0.2) is 9.78 Å². The fourth-order valence-electron chi connectivity index (χ4n) is 1.54. The Balaban J connectivity index is 2.36. The van der Waals surface area contributed by atoms with E-state index in [2.05, 4.69) is 15.6 Å². The van der Waals surface area contributed by atoms with Crippen LogP contribution in [0.4, 0.5) is 4.79 Å². The zero-order valence-corrected chi connectivity index (χ0v) is 8.90. The van der Waals surface area contributed by atoms with Crippen LogP contribution in [0.2, 0.25) is 0 Å². The Labute approximate surface area is 92.0 Å². The quantitative estimate of drug-likeness (QED) is 0.696. The van der Waals surface area contributed by atoms with Crippen molar-refractivity contribution >= 4 is 11.9 Å². The smallest absolute Gasteiger partial charge is 0.322 e. The maximum absolute atomic E-state index is 11.6. The summed E-state index contributed by atoms with van der Waals surface area (Å²) >= 11 is 0. The first-order chi connectivity index (χ1) is 7.56. The second-order valence-electron chi connectivity index (χ2n) is 3.62. The van der Waals surface area contributed by atoms with Gasteiger partial charge in [-0.15, -0.1) is 0 Å². The van der Waals surface area contributed by atoms with Crippen molar-refractivity contribution in [3.63, 3.8) is 0 Å². The Bertz CT molecular complexity index is 443. The number of hydrogen-bond acceptors (Lipinski definition) is 4. The van der Waals surface area contributed by atoms with Gasteiger partial charge in [-0.2, -0.15) is 0 Å². The molecule has 2 N–H and O–H groups in total. The van der Waals surface area contributed by atoms with Crippen molar-refractivity contribution in [3.05, 3.63) is 23.9 Å². The van der Waals surface area contributed by atoms with E-state index in [0.29, 0.717) is 11.4 Å². The number of nitrogens with zero attached hydrogens (tertiary/aromatic N) is 1. The lowest BCUT2D eigenvalue weighted by atomic mass is 9.94. The third-order valence-electron chi connectivity index (χ3n) is 2.57. The molecule has 1 saturated heterocycles. The molecule has 0 radical (unpaired) electrons. The summed E-state index contributed by atoms with van der Waals surface area (Å²) in [6, 6.07) is 2.83. The van der Waals surface area contributed by atoms with Gasteiger partial charge in [0, 0.05) is 17.8 Å². The van der Waals surface area contributed by atoms with Crippen LogP contribution in [0.15, 0.2) is 18.3 Å². The third kappa shape index (κ3) is 1.48. The average molecular weight is 221 g/mol. The van der Waals surface area contributed by atoms with Crippen molar-refractivity contribution in [2.75, 3.05) is 7.11 Å². The van der Waals surface area contributed by atoms with Crippen molar-refractivity contribution in [2.45, 2.75) is 12.5 Å². The van der Waals surface area contributed by atoms with Gasteiger partial charge in [0.2, 0.25) is 5.88 Å². The highest BCUT2D eigenvalue weighted by atomic mass is 16.5. The Kier molecular flexibility index (Phi) is 2.26. The molecule has 6 heteroatoms. The average Bonchev–Trinajstić information content (AvgIpc) is 2.54. The summed E-state index contributed by atoms with van der Waals surface area (Å²) in [5.74, 6) is 0.0709. The highest BCUT2D eigenvalue weighted by molar-refractivity contribution is 6.07. The molecule has 1 aromatic heterocycles. The Morgan fingerprint density at radius 3 is 2.56 bits per heavy atom. The monoisotopic (exact) mass is 221 g/mol. The van der Waals surface area contributed by atoms with E-state index in [9.17, 15) is 9.59 Å². The highest BCUT2D eigenvalue weighted by Gasteiger charge is 2.43. The summed E-state index contributed by atoms with van der Waals surface area (Å²) in [6.45, 7) is 1.62. The standard InChI is InChI=1S/C10H11N3O3/c1-10(8(14)12-9(15)13-10)6-3-4-7(16-2)11-5-6/h3-5H,1-2H3,(H2,12,13,14,15). The fourth-order valence-corrected chi connectivity index (χ4v) is 1.54.